The van der Waals surface area contributed by atoms with Crippen LogP contribution < -0.4 is 10.4 Å². The summed E-state index contributed by atoms with van der Waals surface area (Å²) in [5, 5.41) is 2.41. The molecule has 0 spiro atoms. The molecule has 5 nitrogen and oxygen atoms in total. The van der Waals surface area contributed by atoms with Crippen molar-refractivity contribution in [1.82, 2.24) is 0 Å². The monoisotopic (exact) mass is 678 g/mol. The molecule has 0 unspecified atom stereocenters. The molecule has 0 N–H and O–H groups in total. The Kier molecular flexibility index (Phi) is 13.7. The number of hydrogen-bond donors (Lipinski definition) is 0. The molecule has 1 aliphatic rings. The van der Waals surface area contributed by atoms with Crippen LogP contribution in [0.25, 0.3) is 0 Å². The third kappa shape index (κ3) is 10.3. The average Bonchev–Trinajstić information content (AvgIpc) is 3.74. The number of allylic oxidation sites excluding steroid dienone is 1. The zero-order valence-electron chi connectivity index (χ0n) is 30.9. The molecule has 1 heterocycles. The van der Waals surface area contributed by atoms with E-state index < -0.39 is 22.7 Å². The van der Waals surface area contributed by atoms with Crippen LogP contribution >= 0.6 is 0 Å². The van der Waals surface area contributed by atoms with E-state index in [1.807, 2.05) is 12.2 Å². The van der Waals surface area contributed by atoms with Gasteiger partial charge in [0.15, 0.2) is 8.32 Å². The second kappa shape index (κ2) is 16.4. The summed E-state index contributed by atoms with van der Waals surface area (Å²) in [5.41, 5.74) is 0. The highest BCUT2D eigenvalue weighted by Gasteiger charge is 2.51. The summed E-state index contributed by atoms with van der Waals surface area (Å²) in [6.45, 7) is 30.9. The Morgan fingerprint density at radius 2 is 1.43 bits per heavy atom. The third-order valence-electron chi connectivity index (χ3n) is 9.99. The van der Waals surface area contributed by atoms with Crippen LogP contribution in [-0.4, -0.2) is 53.6 Å². The molecule has 0 saturated carbocycles. The first-order chi connectivity index (χ1) is 21.9. The first-order valence-corrected chi connectivity index (χ1v) is 22.3. The van der Waals surface area contributed by atoms with E-state index in [-0.39, 0.29) is 46.2 Å². The van der Waals surface area contributed by atoms with E-state index in [4.69, 9.17) is 18.3 Å². The van der Waals surface area contributed by atoms with Crippen molar-refractivity contribution in [2.45, 2.75) is 129 Å². The minimum atomic E-state index is -2.71. The van der Waals surface area contributed by atoms with Gasteiger partial charge in [-0.2, -0.15) is 0 Å². The summed E-state index contributed by atoms with van der Waals surface area (Å²) in [7, 11) is -4.95. The van der Waals surface area contributed by atoms with E-state index in [2.05, 4.69) is 142 Å². The molecule has 3 rings (SSSR count). The molecule has 7 heteroatoms. The van der Waals surface area contributed by atoms with Crippen LogP contribution in [0.2, 0.25) is 23.2 Å². The summed E-state index contributed by atoms with van der Waals surface area (Å²) in [5.74, 6) is 0.111. The summed E-state index contributed by atoms with van der Waals surface area (Å²) in [6, 6.07) is 21.5. The van der Waals surface area contributed by atoms with Crippen molar-refractivity contribution >= 4 is 33.0 Å². The summed E-state index contributed by atoms with van der Waals surface area (Å²) >= 11 is 0. The number of carbonyl (C=O) groups is 1. The number of benzene rings is 2. The van der Waals surface area contributed by atoms with Gasteiger partial charge in [-0.3, -0.25) is 4.79 Å². The number of hydrogen-bond acceptors (Lipinski definition) is 5. The van der Waals surface area contributed by atoms with E-state index in [0.29, 0.717) is 25.9 Å². The Morgan fingerprint density at radius 3 is 1.87 bits per heavy atom. The van der Waals surface area contributed by atoms with Gasteiger partial charge in [0.05, 0.1) is 12.2 Å². The van der Waals surface area contributed by atoms with Gasteiger partial charge in [0.25, 0.3) is 8.32 Å². The van der Waals surface area contributed by atoms with Crippen molar-refractivity contribution in [3.63, 3.8) is 0 Å². The average molecular weight is 679 g/mol. The summed E-state index contributed by atoms with van der Waals surface area (Å²) < 4.78 is 26.7. The van der Waals surface area contributed by atoms with Crippen molar-refractivity contribution in [3.05, 3.63) is 86.0 Å². The maximum atomic E-state index is 13.3. The highest BCUT2D eigenvalue weighted by atomic mass is 28.4. The Balaban J connectivity index is 1.95. The van der Waals surface area contributed by atoms with Gasteiger partial charge in [-0.1, -0.05) is 128 Å². The molecule has 6 atom stereocenters. The molecule has 2 aromatic carbocycles. The summed E-state index contributed by atoms with van der Waals surface area (Å²) in [6.07, 6.45) is 5.34. The maximum absolute atomic E-state index is 13.3. The molecule has 0 aromatic heterocycles. The Morgan fingerprint density at radius 1 is 0.872 bits per heavy atom. The van der Waals surface area contributed by atoms with Gasteiger partial charge in [0, 0.05) is 19.4 Å². The number of carbonyl (C=O) groups excluding carboxylic acids is 1. The number of esters is 1. The fraction of sp³-hybridized carbons (Fsp3) is 0.575. The molecule has 1 aliphatic heterocycles. The maximum Gasteiger partial charge on any atom is 0.306 e. The van der Waals surface area contributed by atoms with Crippen LogP contribution in [0.1, 0.15) is 81.1 Å². The van der Waals surface area contributed by atoms with Crippen molar-refractivity contribution < 1.29 is 23.1 Å². The van der Waals surface area contributed by atoms with Gasteiger partial charge < -0.3 is 18.3 Å². The molecule has 2 aromatic rings. The molecule has 47 heavy (non-hydrogen) atoms. The van der Waals surface area contributed by atoms with E-state index in [0.717, 1.165) is 6.42 Å². The first-order valence-electron chi connectivity index (χ1n) is 17.5. The highest BCUT2D eigenvalue weighted by Crippen LogP contribution is 2.41. The van der Waals surface area contributed by atoms with Gasteiger partial charge in [0.2, 0.25) is 0 Å². The van der Waals surface area contributed by atoms with Crippen LogP contribution in [-0.2, 0) is 23.1 Å². The number of ether oxygens (including phenoxy) is 2. The molecular weight excluding hydrogens is 617 g/mol. The standard InChI is InChI=1S/C40H62O5Si2/c1-13-21-30(3)27-38(41)44-36(28-35-34(14-2)43-35)37(45-46(11,12)39(5,6)7)26-31(4)29-42-47(40(8,9)10,32-22-17-15-18-23-32)33-24-19-16-20-25-33/h13-20,22-25,30-31,34-37H,1-2,21,26-29H2,3-12H3/t30-,31+,34-,35+,36-,37-/m0/s1. The minimum absolute atomic E-state index is 0.00727. The van der Waals surface area contributed by atoms with Crippen LogP contribution in [0.3, 0.4) is 0 Å². The quantitative estimate of drug-likeness (QED) is 0.0683. The van der Waals surface area contributed by atoms with E-state index in [1.54, 1.807) is 0 Å². The zero-order chi connectivity index (χ0) is 35.0. The third-order valence-corrected chi connectivity index (χ3v) is 19.5. The van der Waals surface area contributed by atoms with E-state index >= 15 is 0 Å². The van der Waals surface area contributed by atoms with Crippen molar-refractivity contribution in [2.75, 3.05) is 6.61 Å². The molecule has 1 saturated heterocycles. The molecule has 0 amide bonds. The Hall–Kier alpha value is -2.30. The van der Waals surface area contributed by atoms with Crippen molar-refractivity contribution in [3.8, 4) is 0 Å². The lowest BCUT2D eigenvalue weighted by atomic mass is 9.97. The first kappa shape index (κ1) is 39.1. The Labute approximate surface area is 288 Å². The molecular formula is C40H62O5Si2. The molecule has 0 aliphatic carbocycles. The normalized spacial score (nSPS) is 19.7. The molecule has 1 fully saturated rings. The fourth-order valence-electron chi connectivity index (χ4n) is 6.25. The van der Waals surface area contributed by atoms with Gasteiger partial charge in [-0.05, 0) is 58.2 Å². The van der Waals surface area contributed by atoms with Gasteiger partial charge in [0.1, 0.15) is 12.2 Å². The molecule has 0 radical (unpaired) electrons. The topological polar surface area (TPSA) is 57.3 Å². The van der Waals surface area contributed by atoms with Crippen molar-refractivity contribution in [1.29, 1.82) is 0 Å². The predicted molar refractivity (Wildman–Crippen MR) is 201 cm³/mol. The smallest absolute Gasteiger partial charge is 0.306 e. The van der Waals surface area contributed by atoms with E-state index in [9.17, 15) is 4.79 Å². The van der Waals surface area contributed by atoms with Crippen LogP contribution in [0, 0.1) is 11.8 Å². The fourth-order valence-corrected chi connectivity index (χ4v) is 12.3. The van der Waals surface area contributed by atoms with E-state index in [1.165, 1.54) is 10.4 Å². The minimum Gasteiger partial charge on any atom is -0.460 e. The second-order valence-corrected chi connectivity index (χ2v) is 25.3. The molecule has 260 valence electrons. The lowest BCUT2D eigenvalue weighted by molar-refractivity contribution is -0.156. The van der Waals surface area contributed by atoms with Gasteiger partial charge in [-0.15, -0.1) is 13.2 Å². The molecule has 0 bridgehead atoms. The van der Waals surface area contributed by atoms with Gasteiger partial charge in [-0.25, -0.2) is 0 Å². The highest BCUT2D eigenvalue weighted by molar-refractivity contribution is 6.99. The zero-order valence-corrected chi connectivity index (χ0v) is 32.9. The van der Waals surface area contributed by atoms with Crippen LogP contribution in [0.5, 0.6) is 0 Å². The van der Waals surface area contributed by atoms with Crippen molar-refractivity contribution in [2.24, 2.45) is 11.8 Å². The summed E-state index contributed by atoms with van der Waals surface area (Å²) in [4.78, 5) is 13.3. The number of epoxide rings is 1. The Bertz CT molecular complexity index is 1240. The van der Waals surface area contributed by atoms with Crippen LogP contribution in [0.15, 0.2) is 86.0 Å². The lowest BCUT2D eigenvalue weighted by Crippen LogP contribution is -2.66. The predicted octanol–water partition coefficient (Wildman–Crippen LogP) is 8.84. The largest absolute Gasteiger partial charge is 0.460 e. The van der Waals surface area contributed by atoms with Crippen LogP contribution in [0.4, 0.5) is 0 Å². The lowest BCUT2D eigenvalue weighted by Gasteiger charge is -2.44. The van der Waals surface area contributed by atoms with Gasteiger partial charge >= 0.3 is 5.97 Å². The SMILES string of the molecule is C=CC[C@H](C)CC(=O)O[C@@H](C[C@H]1O[C@H]1C=C)[C@H](C[C@@H](C)CO[Si](c1ccccc1)(c1ccccc1)C(C)(C)C)O[Si](C)(C)C(C)(C)C. The number of rotatable bonds is 18. The second-order valence-electron chi connectivity index (χ2n) is 16.2.